The highest BCUT2D eigenvalue weighted by Gasteiger charge is 2.20. The van der Waals surface area contributed by atoms with Crippen LogP contribution in [0.3, 0.4) is 0 Å². The Kier molecular flexibility index (Phi) is 7.49. The monoisotopic (exact) mass is 475 g/mol. The summed E-state index contributed by atoms with van der Waals surface area (Å²) < 4.78 is 18.2. The molecule has 3 aromatic carbocycles. The number of benzene rings is 3. The molecule has 0 spiro atoms. The van der Waals surface area contributed by atoms with Crippen molar-refractivity contribution in [1.29, 1.82) is 0 Å². The number of carbonyl (C=O) groups is 1. The van der Waals surface area contributed by atoms with Crippen LogP contribution in [0.2, 0.25) is 0 Å². The van der Waals surface area contributed by atoms with E-state index in [-0.39, 0.29) is 11.5 Å². The van der Waals surface area contributed by atoms with Crippen LogP contribution in [0.25, 0.3) is 17.1 Å². The average molecular weight is 476 g/mol. The average Bonchev–Trinajstić information content (AvgIpc) is 3.31. The minimum Gasteiger partial charge on any atom is -0.497 e. The van der Waals surface area contributed by atoms with Gasteiger partial charge in [0, 0.05) is 5.56 Å². The number of hydrogen-bond donors (Lipinski definition) is 0. The molecule has 0 aliphatic rings. The van der Waals surface area contributed by atoms with Crippen molar-refractivity contribution >= 4 is 17.5 Å². The molecule has 4 rings (SSSR count). The van der Waals surface area contributed by atoms with Crippen LogP contribution >= 0.6 is 11.8 Å². The third-order valence-corrected chi connectivity index (χ3v) is 6.06. The number of hydrogen-bond acceptors (Lipinski definition) is 7. The zero-order valence-electron chi connectivity index (χ0n) is 19.2. The lowest BCUT2D eigenvalue weighted by Gasteiger charge is -2.13. The van der Waals surface area contributed by atoms with E-state index in [0.29, 0.717) is 28.9 Å². The van der Waals surface area contributed by atoms with Crippen molar-refractivity contribution in [3.05, 3.63) is 78.4 Å². The lowest BCUT2D eigenvalue weighted by Crippen LogP contribution is -2.05. The fourth-order valence-electron chi connectivity index (χ4n) is 3.45. The lowest BCUT2D eigenvalue weighted by molar-refractivity contribution is 0.102. The topological polar surface area (TPSA) is 75.5 Å². The van der Waals surface area contributed by atoms with E-state index < -0.39 is 0 Å². The Morgan fingerprint density at radius 3 is 2.26 bits per heavy atom. The highest BCUT2D eigenvalue weighted by Crippen LogP contribution is 2.33. The van der Waals surface area contributed by atoms with Crippen molar-refractivity contribution in [2.75, 3.05) is 26.6 Å². The van der Waals surface area contributed by atoms with E-state index in [1.165, 1.54) is 11.8 Å². The lowest BCUT2D eigenvalue weighted by atomic mass is 10.1. The van der Waals surface area contributed by atoms with E-state index in [1.807, 2.05) is 60.0 Å². The molecule has 0 amide bonds. The molecule has 0 N–H and O–H groups in total. The summed E-state index contributed by atoms with van der Waals surface area (Å²) in [5.41, 5.74) is 2.28. The van der Waals surface area contributed by atoms with Gasteiger partial charge in [0.05, 0.1) is 37.8 Å². The van der Waals surface area contributed by atoms with E-state index in [0.717, 1.165) is 22.7 Å². The Hall–Kier alpha value is -3.78. The van der Waals surface area contributed by atoms with Crippen molar-refractivity contribution in [3.63, 3.8) is 0 Å². The number of para-hydroxylation sites is 1. The molecular weight excluding hydrogens is 450 g/mol. The van der Waals surface area contributed by atoms with Crippen LogP contribution in [0.4, 0.5) is 0 Å². The van der Waals surface area contributed by atoms with Gasteiger partial charge in [0.25, 0.3) is 0 Å². The van der Waals surface area contributed by atoms with Gasteiger partial charge in [0.15, 0.2) is 16.8 Å². The zero-order chi connectivity index (χ0) is 23.9. The maximum atomic E-state index is 12.8. The van der Waals surface area contributed by atoms with Gasteiger partial charge in [0.1, 0.15) is 17.2 Å². The van der Waals surface area contributed by atoms with Crippen LogP contribution in [0, 0.1) is 0 Å². The first-order chi connectivity index (χ1) is 16.6. The molecule has 0 bridgehead atoms. The van der Waals surface area contributed by atoms with Crippen LogP contribution in [-0.4, -0.2) is 47.1 Å². The normalized spacial score (nSPS) is 10.7. The standard InChI is InChI=1S/C26H25N3O4S/c1-4-33-21-13-9-18(10-14-21)23(30)17-34-26-28-27-25(22-7-5-6-8-24(22)32-3)29(26)19-11-15-20(31-2)16-12-19/h5-16H,4,17H2,1-3H3. The van der Waals surface area contributed by atoms with Crippen molar-refractivity contribution in [3.8, 4) is 34.3 Å². The van der Waals surface area contributed by atoms with Gasteiger partial charge in [-0.3, -0.25) is 9.36 Å². The summed E-state index contributed by atoms with van der Waals surface area (Å²) in [6.45, 7) is 2.51. The fourth-order valence-corrected chi connectivity index (χ4v) is 4.29. The summed E-state index contributed by atoms with van der Waals surface area (Å²) in [5, 5.41) is 9.46. The van der Waals surface area contributed by atoms with Gasteiger partial charge in [-0.25, -0.2) is 0 Å². The predicted molar refractivity (Wildman–Crippen MR) is 133 cm³/mol. The van der Waals surface area contributed by atoms with Gasteiger partial charge in [0.2, 0.25) is 0 Å². The summed E-state index contributed by atoms with van der Waals surface area (Å²) in [6.07, 6.45) is 0. The maximum Gasteiger partial charge on any atom is 0.196 e. The van der Waals surface area contributed by atoms with Crippen LogP contribution in [0.5, 0.6) is 17.2 Å². The minimum absolute atomic E-state index is 0.00355. The van der Waals surface area contributed by atoms with Crippen LogP contribution in [-0.2, 0) is 0 Å². The highest BCUT2D eigenvalue weighted by molar-refractivity contribution is 7.99. The molecule has 0 aliphatic carbocycles. The SMILES string of the molecule is CCOc1ccc(C(=O)CSc2nnc(-c3ccccc3OC)n2-c2ccc(OC)cc2)cc1. The Labute approximate surface area is 202 Å². The van der Waals surface area contributed by atoms with Gasteiger partial charge >= 0.3 is 0 Å². The number of aromatic nitrogens is 3. The molecule has 0 saturated carbocycles. The number of carbonyl (C=O) groups excluding carboxylic acids is 1. The van der Waals surface area contributed by atoms with Gasteiger partial charge in [-0.1, -0.05) is 23.9 Å². The molecular formula is C26H25N3O4S. The molecule has 7 nitrogen and oxygen atoms in total. The molecule has 0 radical (unpaired) electrons. The molecule has 0 atom stereocenters. The van der Waals surface area contributed by atoms with Gasteiger partial charge < -0.3 is 14.2 Å². The quantitative estimate of drug-likeness (QED) is 0.227. The van der Waals surface area contributed by atoms with E-state index >= 15 is 0 Å². The number of thioether (sulfide) groups is 1. The molecule has 1 heterocycles. The second-order valence-corrected chi connectivity index (χ2v) is 8.15. The molecule has 8 heteroatoms. The van der Waals surface area contributed by atoms with E-state index in [4.69, 9.17) is 14.2 Å². The van der Waals surface area contributed by atoms with E-state index in [1.54, 1.807) is 38.5 Å². The molecule has 1 aromatic heterocycles. The largest absolute Gasteiger partial charge is 0.497 e. The first kappa shape index (κ1) is 23.4. The zero-order valence-corrected chi connectivity index (χ0v) is 20.0. The highest BCUT2D eigenvalue weighted by atomic mass is 32.2. The Morgan fingerprint density at radius 2 is 1.59 bits per heavy atom. The summed E-state index contributed by atoms with van der Waals surface area (Å²) >= 11 is 1.33. The second-order valence-electron chi connectivity index (χ2n) is 7.21. The molecule has 0 fully saturated rings. The smallest absolute Gasteiger partial charge is 0.196 e. The van der Waals surface area contributed by atoms with Gasteiger partial charge in [-0.05, 0) is 67.6 Å². The number of nitrogens with zero attached hydrogens (tertiary/aromatic N) is 3. The Bertz CT molecular complexity index is 1250. The van der Waals surface area contributed by atoms with E-state index in [2.05, 4.69) is 10.2 Å². The van der Waals surface area contributed by atoms with E-state index in [9.17, 15) is 4.79 Å². The van der Waals surface area contributed by atoms with Crippen molar-refractivity contribution in [2.24, 2.45) is 0 Å². The number of methoxy groups -OCH3 is 2. The van der Waals surface area contributed by atoms with Crippen molar-refractivity contribution in [2.45, 2.75) is 12.1 Å². The number of ether oxygens (including phenoxy) is 3. The van der Waals surface area contributed by atoms with Gasteiger partial charge in [-0.15, -0.1) is 10.2 Å². The van der Waals surface area contributed by atoms with Crippen LogP contribution < -0.4 is 14.2 Å². The molecule has 0 aliphatic heterocycles. The fraction of sp³-hybridized carbons (Fsp3) is 0.192. The first-order valence-electron chi connectivity index (χ1n) is 10.8. The third-order valence-electron chi connectivity index (χ3n) is 5.13. The molecule has 4 aromatic rings. The number of ketones is 1. The molecule has 0 saturated heterocycles. The summed E-state index contributed by atoms with van der Waals surface area (Å²) in [6, 6.07) is 22.4. The third kappa shape index (κ3) is 5.07. The van der Waals surface area contributed by atoms with Crippen molar-refractivity contribution < 1.29 is 19.0 Å². The van der Waals surface area contributed by atoms with Gasteiger partial charge in [-0.2, -0.15) is 0 Å². The number of Topliss-reactive ketones (excluding diaryl/α,β-unsaturated/α-hetero) is 1. The number of rotatable bonds is 10. The van der Waals surface area contributed by atoms with Crippen LogP contribution in [0.1, 0.15) is 17.3 Å². The Morgan fingerprint density at radius 1 is 0.882 bits per heavy atom. The summed E-state index contributed by atoms with van der Waals surface area (Å²) in [4.78, 5) is 12.8. The summed E-state index contributed by atoms with van der Waals surface area (Å²) in [5.74, 6) is 3.01. The first-order valence-corrected chi connectivity index (χ1v) is 11.7. The predicted octanol–water partition coefficient (Wildman–Crippen LogP) is 5.33. The maximum absolute atomic E-state index is 12.8. The molecule has 174 valence electrons. The van der Waals surface area contributed by atoms with Crippen molar-refractivity contribution in [1.82, 2.24) is 14.8 Å². The Balaban J connectivity index is 1.65. The molecule has 0 unspecified atom stereocenters. The summed E-state index contributed by atoms with van der Waals surface area (Å²) in [7, 11) is 3.25. The molecule has 34 heavy (non-hydrogen) atoms. The minimum atomic E-state index is -0.00355. The van der Waals surface area contributed by atoms with Crippen LogP contribution in [0.15, 0.2) is 78.0 Å². The second kappa shape index (κ2) is 10.9.